The molecule has 3 rings (SSSR count). The van der Waals surface area contributed by atoms with Crippen LogP contribution in [0.3, 0.4) is 0 Å². The lowest BCUT2D eigenvalue weighted by molar-refractivity contribution is 0.381. The Hall–Kier alpha value is -0.900. The van der Waals surface area contributed by atoms with Gasteiger partial charge in [0.25, 0.3) is 0 Å². The van der Waals surface area contributed by atoms with E-state index >= 15 is 0 Å². The molecule has 2 N–H and O–H groups in total. The molecule has 1 aromatic carbocycles. The summed E-state index contributed by atoms with van der Waals surface area (Å²) in [6, 6.07) is 2.99. The van der Waals surface area contributed by atoms with Gasteiger partial charge in [-0.15, -0.1) is 0 Å². The molecule has 0 radical (unpaired) electrons. The quantitative estimate of drug-likeness (QED) is 0.730. The maximum Gasteiger partial charge on any atom is 0.201 e. The molecule has 1 saturated heterocycles. The first kappa shape index (κ1) is 14.1. The van der Waals surface area contributed by atoms with Gasteiger partial charge in [-0.1, -0.05) is 0 Å². The Bertz CT molecular complexity index is 818. The second-order valence-electron chi connectivity index (χ2n) is 5.40. The lowest BCUT2D eigenvalue weighted by atomic mass is 10.0. The van der Waals surface area contributed by atoms with E-state index < -0.39 is 15.4 Å². The molecule has 0 amide bonds. The Labute approximate surface area is 129 Å². The van der Waals surface area contributed by atoms with Crippen LogP contribution in [0.15, 0.2) is 12.1 Å². The standard InChI is InChI=1S/C12H13FIN3O2S/c1-12(2-3-20(18,19)6-12)17-10-4-7(13)8(14)5-9(10)16-11(17)15/h4-5H,2-3,6H2,1H3,(H2,15,16). The number of rotatable bonds is 1. The number of sulfone groups is 1. The van der Waals surface area contributed by atoms with Crippen molar-refractivity contribution in [3.63, 3.8) is 0 Å². The number of benzene rings is 1. The van der Waals surface area contributed by atoms with Crippen LogP contribution in [0.2, 0.25) is 0 Å². The number of nitrogen functional groups attached to an aromatic ring is 1. The minimum atomic E-state index is -3.08. The van der Waals surface area contributed by atoms with E-state index in [4.69, 9.17) is 5.73 Å². The molecule has 2 heterocycles. The second kappa shape index (κ2) is 4.30. The van der Waals surface area contributed by atoms with Crippen molar-refractivity contribution in [1.82, 2.24) is 9.55 Å². The third-order valence-electron chi connectivity index (χ3n) is 3.74. The summed E-state index contributed by atoms with van der Waals surface area (Å²) in [5.74, 6) is -0.0108. The molecule has 108 valence electrons. The minimum absolute atomic E-state index is 0.00324. The van der Waals surface area contributed by atoms with E-state index in [2.05, 4.69) is 4.98 Å². The van der Waals surface area contributed by atoms with Crippen LogP contribution in [0.1, 0.15) is 13.3 Å². The first-order valence-corrected chi connectivity index (χ1v) is 8.96. The molecule has 20 heavy (non-hydrogen) atoms. The van der Waals surface area contributed by atoms with Gasteiger partial charge in [-0.25, -0.2) is 17.8 Å². The van der Waals surface area contributed by atoms with E-state index in [0.29, 0.717) is 21.0 Å². The molecule has 0 spiro atoms. The van der Waals surface area contributed by atoms with E-state index in [1.165, 1.54) is 6.07 Å². The van der Waals surface area contributed by atoms with E-state index in [9.17, 15) is 12.8 Å². The van der Waals surface area contributed by atoms with Crippen LogP contribution in [-0.4, -0.2) is 29.5 Å². The van der Waals surface area contributed by atoms with E-state index in [1.54, 1.807) is 10.6 Å². The fraction of sp³-hybridized carbons (Fsp3) is 0.417. The molecule has 0 aliphatic carbocycles. The van der Waals surface area contributed by atoms with Crippen molar-refractivity contribution in [1.29, 1.82) is 0 Å². The molecule has 0 saturated carbocycles. The number of halogens is 2. The van der Waals surface area contributed by atoms with Crippen molar-refractivity contribution < 1.29 is 12.8 Å². The summed E-state index contributed by atoms with van der Waals surface area (Å²) in [5, 5.41) is 0. The lowest BCUT2D eigenvalue weighted by Crippen LogP contribution is -2.32. The Morgan fingerprint density at radius 2 is 2.20 bits per heavy atom. The largest absolute Gasteiger partial charge is 0.369 e. The monoisotopic (exact) mass is 409 g/mol. The third kappa shape index (κ3) is 2.09. The highest BCUT2D eigenvalue weighted by Crippen LogP contribution is 2.36. The van der Waals surface area contributed by atoms with Crippen LogP contribution in [0, 0.1) is 9.39 Å². The fourth-order valence-electron chi connectivity index (χ4n) is 2.83. The molecule has 5 nitrogen and oxygen atoms in total. The van der Waals surface area contributed by atoms with Gasteiger partial charge >= 0.3 is 0 Å². The molecule has 1 aliphatic heterocycles. The molecule has 2 aromatic rings. The second-order valence-corrected chi connectivity index (χ2v) is 8.75. The summed E-state index contributed by atoms with van der Waals surface area (Å²) < 4.78 is 39.4. The molecular weight excluding hydrogens is 396 g/mol. The van der Waals surface area contributed by atoms with E-state index in [-0.39, 0.29) is 23.3 Å². The van der Waals surface area contributed by atoms with Crippen LogP contribution in [0.25, 0.3) is 11.0 Å². The van der Waals surface area contributed by atoms with Crippen molar-refractivity contribution in [2.24, 2.45) is 0 Å². The zero-order chi connectivity index (χ0) is 14.7. The normalized spacial score (nSPS) is 25.4. The van der Waals surface area contributed by atoms with Crippen LogP contribution >= 0.6 is 22.6 Å². The highest BCUT2D eigenvalue weighted by molar-refractivity contribution is 14.1. The van der Waals surface area contributed by atoms with Crippen LogP contribution < -0.4 is 5.73 Å². The van der Waals surface area contributed by atoms with E-state index in [1.807, 2.05) is 29.5 Å². The predicted molar refractivity (Wildman–Crippen MR) is 83.7 cm³/mol. The number of nitrogens with two attached hydrogens (primary N) is 1. The summed E-state index contributed by atoms with van der Waals surface area (Å²) in [5.41, 5.74) is 6.39. The summed E-state index contributed by atoms with van der Waals surface area (Å²) in [4.78, 5) is 4.23. The lowest BCUT2D eigenvalue weighted by Gasteiger charge is -2.26. The van der Waals surface area contributed by atoms with Gasteiger partial charge in [0.1, 0.15) is 5.82 Å². The molecule has 1 fully saturated rings. The summed E-state index contributed by atoms with van der Waals surface area (Å²) in [6.45, 7) is 1.82. The SMILES string of the molecule is CC1(n2c(N)nc3cc(I)c(F)cc32)CCS(=O)(=O)C1. The zero-order valence-corrected chi connectivity index (χ0v) is 13.7. The summed E-state index contributed by atoms with van der Waals surface area (Å²) in [6.07, 6.45) is 0.457. The van der Waals surface area contributed by atoms with Gasteiger partial charge in [-0.05, 0) is 42.0 Å². The van der Waals surface area contributed by atoms with Crippen LogP contribution in [0.4, 0.5) is 10.3 Å². The molecule has 1 unspecified atom stereocenters. The Morgan fingerprint density at radius 1 is 1.50 bits per heavy atom. The van der Waals surface area contributed by atoms with Gasteiger partial charge < -0.3 is 10.3 Å². The first-order chi connectivity index (χ1) is 9.22. The molecule has 8 heteroatoms. The third-order valence-corrected chi connectivity index (χ3v) is 6.46. The molecule has 0 bridgehead atoms. The van der Waals surface area contributed by atoms with Gasteiger partial charge in [0.15, 0.2) is 9.84 Å². The number of nitrogens with zero attached hydrogens (tertiary/aromatic N) is 2. The van der Waals surface area contributed by atoms with Crippen molar-refractivity contribution in [2.45, 2.75) is 18.9 Å². The average Bonchev–Trinajstić information content (AvgIpc) is 2.77. The van der Waals surface area contributed by atoms with Crippen LogP contribution in [-0.2, 0) is 15.4 Å². The summed E-state index contributed by atoms with van der Waals surface area (Å²) >= 11 is 1.89. The smallest absolute Gasteiger partial charge is 0.201 e. The number of anilines is 1. The maximum absolute atomic E-state index is 13.8. The van der Waals surface area contributed by atoms with Gasteiger partial charge in [0.05, 0.1) is 31.6 Å². The molecular formula is C12H13FIN3O2S. The highest BCUT2D eigenvalue weighted by atomic mass is 127. The predicted octanol–water partition coefficient (Wildman–Crippen LogP) is 1.90. The number of hydrogen-bond acceptors (Lipinski definition) is 4. The van der Waals surface area contributed by atoms with Gasteiger partial charge in [0, 0.05) is 6.07 Å². The first-order valence-electron chi connectivity index (χ1n) is 6.06. The average molecular weight is 409 g/mol. The van der Waals surface area contributed by atoms with Gasteiger partial charge in [0.2, 0.25) is 5.95 Å². The Morgan fingerprint density at radius 3 is 2.80 bits per heavy atom. The molecule has 1 atom stereocenters. The number of imidazole rings is 1. The number of hydrogen-bond donors (Lipinski definition) is 1. The van der Waals surface area contributed by atoms with E-state index in [0.717, 1.165) is 0 Å². The van der Waals surface area contributed by atoms with Crippen molar-refractivity contribution in [2.75, 3.05) is 17.2 Å². The van der Waals surface area contributed by atoms with Gasteiger partial charge in [-0.3, -0.25) is 0 Å². The van der Waals surface area contributed by atoms with Crippen molar-refractivity contribution >= 4 is 49.4 Å². The number of aromatic nitrogens is 2. The number of fused-ring (bicyclic) bond motifs is 1. The minimum Gasteiger partial charge on any atom is -0.369 e. The van der Waals surface area contributed by atoms with Gasteiger partial charge in [-0.2, -0.15) is 0 Å². The fourth-order valence-corrected chi connectivity index (χ4v) is 5.40. The molecule has 1 aliphatic rings. The maximum atomic E-state index is 13.8. The van der Waals surface area contributed by atoms with Crippen molar-refractivity contribution in [3.8, 4) is 0 Å². The zero-order valence-electron chi connectivity index (χ0n) is 10.7. The Balaban J connectivity index is 2.27. The Kier molecular flexibility index (Phi) is 3.02. The van der Waals surface area contributed by atoms with Crippen LogP contribution in [0.5, 0.6) is 0 Å². The highest BCUT2D eigenvalue weighted by Gasteiger charge is 2.41. The summed E-state index contributed by atoms with van der Waals surface area (Å²) in [7, 11) is -3.08. The topological polar surface area (TPSA) is 78.0 Å². The van der Waals surface area contributed by atoms with Crippen molar-refractivity contribution in [3.05, 3.63) is 21.5 Å². The molecule has 1 aromatic heterocycles.